The summed E-state index contributed by atoms with van der Waals surface area (Å²) >= 11 is 0. The Morgan fingerprint density at radius 2 is 1.94 bits per heavy atom. The number of hydrogen-bond donors (Lipinski definition) is 2. The van der Waals surface area contributed by atoms with Gasteiger partial charge in [-0.15, -0.1) is 0 Å². The molecule has 0 aliphatic heterocycles. The van der Waals surface area contributed by atoms with Gasteiger partial charge in [0.05, 0.1) is 12.5 Å². The zero-order valence-corrected chi connectivity index (χ0v) is 10.7. The molecule has 4 heteroatoms. The number of rotatable bonds is 3. The molecule has 0 radical (unpaired) electrons. The van der Waals surface area contributed by atoms with Crippen molar-refractivity contribution in [3.63, 3.8) is 0 Å². The predicted molar refractivity (Wildman–Crippen MR) is 67.2 cm³/mol. The van der Waals surface area contributed by atoms with Crippen LogP contribution in [0.5, 0.6) is 11.5 Å². The fourth-order valence-electron chi connectivity index (χ4n) is 2.81. The zero-order chi connectivity index (χ0) is 13.3. The van der Waals surface area contributed by atoms with E-state index in [0.29, 0.717) is 29.7 Å². The highest BCUT2D eigenvalue weighted by Crippen LogP contribution is 2.46. The van der Waals surface area contributed by atoms with Crippen molar-refractivity contribution < 1.29 is 19.7 Å². The Balaban J connectivity index is 2.61. The van der Waals surface area contributed by atoms with Crippen LogP contribution in [0.3, 0.4) is 0 Å². The van der Waals surface area contributed by atoms with Gasteiger partial charge in [0, 0.05) is 5.56 Å². The number of benzene rings is 1. The minimum absolute atomic E-state index is 0.0834. The highest BCUT2D eigenvalue weighted by Gasteiger charge is 2.45. The molecule has 0 aromatic heterocycles. The summed E-state index contributed by atoms with van der Waals surface area (Å²) in [6.07, 6.45) is 2.90. The lowest BCUT2D eigenvalue weighted by molar-refractivity contribution is -0.143. The lowest BCUT2D eigenvalue weighted by atomic mass is 9.77. The summed E-state index contributed by atoms with van der Waals surface area (Å²) in [5, 5.41) is 19.7. The van der Waals surface area contributed by atoms with Crippen LogP contribution in [0.25, 0.3) is 0 Å². The average molecular weight is 250 g/mol. The molecule has 98 valence electrons. The maximum Gasteiger partial charge on any atom is 0.314 e. The molecule has 0 amide bonds. The van der Waals surface area contributed by atoms with Crippen LogP contribution in [0.1, 0.15) is 36.8 Å². The topological polar surface area (TPSA) is 66.8 Å². The minimum Gasteiger partial charge on any atom is -0.507 e. The normalized spacial score (nSPS) is 17.7. The quantitative estimate of drug-likeness (QED) is 0.865. The SMILES string of the molecule is COc1cc(C)c(O)c(C2(C(=O)O)CCCC2)c1. The van der Waals surface area contributed by atoms with E-state index >= 15 is 0 Å². The van der Waals surface area contributed by atoms with Crippen molar-refractivity contribution in [3.8, 4) is 11.5 Å². The molecule has 1 aromatic rings. The zero-order valence-electron chi connectivity index (χ0n) is 10.7. The Labute approximate surface area is 106 Å². The van der Waals surface area contributed by atoms with Gasteiger partial charge in [-0.25, -0.2) is 0 Å². The van der Waals surface area contributed by atoms with Crippen molar-refractivity contribution in [1.82, 2.24) is 0 Å². The Morgan fingerprint density at radius 1 is 1.33 bits per heavy atom. The van der Waals surface area contributed by atoms with Gasteiger partial charge in [0.2, 0.25) is 0 Å². The summed E-state index contributed by atoms with van der Waals surface area (Å²) < 4.78 is 5.17. The van der Waals surface area contributed by atoms with Crippen LogP contribution in [-0.2, 0) is 10.2 Å². The van der Waals surface area contributed by atoms with Crippen LogP contribution in [0.15, 0.2) is 12.1 Å². The summed E-state index contributed by atoms with van der Waals surface area (Å²) in [4.78, 5) is 11.6. The van der Waals surface area contributed by atoms with Gasteiger partial charge < -0.3 is 14.9 Å². The van der Waals surface area contributed by atoms with Gasteiger partial charge >= 0.3 is 5.97 Å². The van der Waals surface area contributed by atoms with Crippen molar-refractivity contribution in [3.05, 3.63) is 23.3 Å². The Kier molecular flexibility index (Phi) is 3.20. The van der Waals surface area contributed by atoms with Crippen LogP contribution in [0.2, 0.25) is 0 Å². The van der Waals surface area contributed by atoms with E-state index in [1.54, 1.807) is 19.1 Å². The summed E-state index contributed by atoms with van der Waals surface area (Å²) in [7, 11) is 1.54. The number of carboxylic acid groups (broad SMARTS) is 1. The molecule has 1 saturated carbocycles. The second-order valence-corrected chi connectivity index (χ2v) is 4.93. The first-order valence-corrected chi connectivity index (χ1v) is 6.13. The molecule has 0 atom stereocenters. The van der Waals surface area contributed by atoms with Gasteiger partial charge in [-0.05, 0) is 37.5 Å². The van der Waals surface area contributed by atoms with Gasteiger partial charge in [0.25, 0.3) is 0 Å². The van der Waals surface area contributed by atoms with E-state index < -0.39 is 11.4 Å². The number of carbonyl (C=O) groups is 1. The molecular formula is C14H18O4. The van der Waals surface area contributed by atoms with Gasteiger partial charge in [-0.1, -0.05) is 12.8 Å². The van der Waals surface area contributed by atoms with Crippen LogP contribution in [0.4, 0.5) is 0 Å². The average Bonchev–Trinajstić information content (AvgIpc) is 2.82. The molecule has 2 rings (SSSR count). The van der Waals surface area contributed by atoms with Crippen molar-refractivity contribution in [1.29, 1.82) is 0 Å². The third-order valence-corrected chi connectivity index (χ3v) is 3.89. The first kappa shape index (κ1) is 12.7. The number of carboxylic acids is 1. The van der Waals surface area contributed by atoms with Crippen molar-refractivity contribution in [2.75, 3.05) is 7.11 Å². The number of aliphatic carboxylic acids is 1. The molecular weight excluding hydrogens is 232 g/mol. The van der Waals surface area contributed by atoms with Crippen LogP contribution in [-0.4, -0.2) is 23.3 Å². The molecule has 0 unspecified atom stereocenters. The van der Waals surface area contributed by atoms with Gasteiger partial charge in [0.15, 0.2) is 0 Å². The first-order valence-electron chi connectivity index (χ1n) is 6.13. The smallest absolute Gasteiger partial charge is 0.314 e. The lowest BCUT2D eigenvalue weighted by Gasteiger charge is -2.26. The van der Waals surface area contributed by atoms with Gasteiger partial charge in [-0.2, -0.15) is 0 Å². The van der Waals surface area contributed by atoms with Crippen LogP contribution >= 0.6 is 0 Å². The van der Waals surface area contributed by atoms with Crippen molar-refractivity contribution >= 4 is 5.97 Å². The van der Waals surface area contributed by atoms with Crippen LogP contribution in [0, 0.1) is 6.92 Å². The highest BCUT2D eigenvalue weighted by atomic mass is 16.5. The summed E-state index contributed by atoms with van der Waals surface area (Å²) in [6.45, 7) is 1.76. The lowest BCUT2D eigenvalue weighted by Crippen LogP contribution is -2.32. The van der Waals surface area contributed by atoms with E-state index in [4.69, 9.17) is 4.74 Å². The van der Waals surface area contributed by atoms with E-state index in [1.807, 2.05) is 0 Å². The van der Waals surface area contributed by atoms with Crippen molar-refractivity contribution in [2.24, 2.45) is 0 Å². The van der Waals surface area contributed by atoms with E-state index in [9.17, 15) is 15.0 Å². The maximum atomic E-state index is 11.6. The number of ether oxygens (including phenoxy) is 1. The predicted octanol–water partition coefficient (Wildman–Crippen LogP) is 2.61. The Morgan fingerprint density at radius 3 is 2.44 bits per heavy atom. The molecule has 0 saturated heterocycles. The van der Waals surface area contributed by atoms with Gasteiger partial charge in [-0.3, -0.25) is 4.79 Å². The standard InChI is InChI=1S/C14H18O4/c1-9-7-10(18-2)8-11(12(9)15)14(13(16)17)5-3-4-6-14/h7-8,15H,3-6H2,1-2H3,(H,16,17). The molecule has 0 bridgehead atoms. The third kappa shape index (κ3) is 1.82. The molecule has 1 fully saturated rings. The summed E-state index contributed by atoms with van der Waals surface area (Å²) in [5.74, 6) is -0.184. The number of phenols is 1. The molecule has 18 heavy (non-hydrogen) atoms. The second kappa shape index (κ2) is 4.52. The number of phenolic OH excluding ortho intramolecular Hbond substituents is 1. The molecule has 0 heterocycles. The molecule has 1 aliphatic carbocycles. The van der Waals surface area contributed by atoms with Gasteiger partial charge in [0.1, 0.15) is 11.5 Å². The van der Waals surface area contributed by atoms with Crippen LogP contribution < -0.4 is 4.74 Å². The number of aryl methyl sites for hydroxylation is 1. The second-order valence-electron chi connectivity index (χ2n) is 4.93. The molecule has 0 spiro atoms. The number of methoxy groups -OCH3 is 1. The van der Waals surface area contributed by atoms with E-state index in [-0.39, 0.29) is 5.75 Å². The molecule has 2 N–H and O–H groups in total. The minimum atomic E-state index is -0.955. The highest BCUT2D eigenvalue weighted by molar-refractivity contribution is 5.83. The number of hydrogen-bond acceptors (Lipinski definition) is 3. The summed E-state index contributed by atoms with van der Waals surface area (Å²) in [5.41, 5.74) is 0.185. The van der Waals surface area contributed by atoms with E-state index in [0.717, 1.165) is 12.8 Å². The van der Waals surface area contributed by atoms with E-state index in [2.05, 4.69) is 0 Å². The van der Waals surface area contributed by atoms with E-state index in [1.165, 1.54) is 7.11 Å². The Bertz CT molecular complexity index is 473. The molecule has 1 aliphatic rings. The fourth-order valence-corrected chi connectivity index (χ4v) is 2.81. The maximum absolute atomic E-state index is 11.6. The monoisotopic (exact) mass is 250 g/mol. The molecule has 4 nitrogen and oxygen atoms in total. The summed E-state index contributed by atoms with van der Waals surface area (Å²) in [6, 6.07) is 3.37. The number of aromatic hydroxyl groups is 1. The Hall–Kier alpha value is -1.71. The largest absolute Gasteiger partial charge is 0.507 e. The first-order chi connectivity index (χ1) is 8.51. The molecule has 1 aromatic carbocycles. The third-order valence-electron chi connectivity index (χ3n) is 3.89. The fraction of sp³-hybridized carbons (Fsp3) is 0.500. The van der Waals surface area contributed by atoms with Crippen molar-refractivity contribution in [2.45, 2.75) is 38.0 Å².